The smallest absolute Gasteiger partial charge is 0.331 e. The molecule has 0 spiro atoms. The molecule has 0 fully saturated rings. The van der Waals surface area contributed by atoms with Crippen LogP contribution in [0.2, 0.25) is 36.3 Å². The van der Waals surface area contributed by atoms with Crippen molar-refractivity contribution in [2.45, 2.75) is 189 Å². The van der Waals surface area contributed by atoms with Crippen LogP contribution in [0.25, 0.3) is 10.4 Å². The third-order valence-corrected chi connectivity index (χ3v) is 21.1. The van der Waals surface area contributed by atoms with Crippen LogP contribution in [0.1, 0.15) is 129 Å². The molecular weight excluding hydrogens is 759 g/mol. The van der Waals surface area contributed by atoms with Gasteiger partial charge in [0.05, 0.1) is 6.10 Å². The first kappa shape index (κ1) is 53.1. The van der Waals surface area contributed by atoms with Crippen LogP contribution in [-0.2, 0) is 27.9 Å². The summed E-state index contributed by atoms with van der Waals surface area (Å²) in [4.78, 5) is 28.4. The molecule has 0 saturated carbocycles. The Bertz CT molecular complexity index is 1560. The molecule has 0 unspecified atom stereocenters. The summed E-state index contributed by atoms with van der Waals surface area (Å²) in [5.41, 5.74) is 11.8. The van der Waals surface area contributed by atoms with E-state index in [1.54, 1.807) is 6.08 Å². The van der Waals surface area contributed by atoms with E-state index in [0.29, 0.717) is 19.3 Å². The maximum absolute atomic E-state index is 12.9. The Morgan fingerprint density at radius 1 is 0.931 bits per heavy atom. The average Bonchev–Trinajstić information content (AvgIpc) is 3.08. The van der Waals surface area contributed by atoms with Crippen LogP contribution in [0.5, 0.6) is 0 Å². The predicted octanol–water partition coefficient (Wildman–Crippen LogP) is 13.7. The van der Waals surface area contributed by atoms with Crippen molar-refractivity contribution >= 4 is 28.6 Å². The first-order valence-electron chi connectivity index (χ1n) is 21.5. The molecule has 1 rings (SSSR count). The first-order valence-corrected chi connectivity index (χ1v) is 27.3. The molecular formula is C47H81N3O6Si2. The predicted molar refractivity (Wildman–Crippen MR) is 247 cm³/mol. The maximum atomic E-state index is 12.9. The summed E-state index contributed by atoms with van der Waals surface area (Å²) in [6.07, 6.45) is 20.9. The van der Waals surface area contributed by atoms with Crippen LogP contribution in [0.4, 0.5) is 0 Å². The molecule has 0 radical (unpaired) electrons. The minimum absolute atomic E-state index is 0.0199. The van der Waals surface area contributed by atoms with Gasteiger partial charge in [-0.1, -0.05) is 133 Å². The number of allylic oxidation sites excluding steroid dienone is 9. The number of hydrogen-bond donors (Lipinski definition) is 0. The molecule has 0 bridgehead atoms. The molecule has 0 amide bonds. The zero-order valence-electron chi connectivity index (χ0n) is 39.5. The normalized spacial score (nSPS) is 22.9. The van der Waals surface area contributed by atoms with Gasteiger partial charge in [-0.3, -0.25) is 4.79 Å². The average molecular weight is 840 g/mol. The highest BCUT2D eigenvalue weighted by Crippen LogP contribution is 2.40. The Labute approximate surface area is 355 Å². The molecule has 58 heavy (non-hydrogen) atoms. The van der Waals surface area contributed by atoms with Gasteiger partial charge in [-0.2, -0.15) is 0 Å². The SMILES string of the molecule is CC(=C\C=C\C(C)=C\[C@H](O[Si](C)(C)C(C)(C)C)[C@@H](C)C[C@H](C)O[Si](C)(C)C(C)(C)C)/C=C(C)/C=C/C(=O)O[C@H]1CCCC(=O)O[C@@H]([C@@H](C)CN=[N+]=[N-])C/C=C/C[C@@H]1C. The van der Waals surface area contributed by atoms with Crippen molar-refractivity contribution in [2.24, 2.45) is 22.9 Å². The summed E-state index contributed by atoms with van der Waals surface area (Å²) >= 11 is 0. The van der Waals surface area contributed by atoms with Crippen LogP contribution in [0.3, 0.4) is 0 Å². The van der Waals surface area contributed by atoms with Crippen molar-refractivity contribution in [3.8, 4) is 0 Å². The van der Waals surface area contributed by atoms with Crippen LogP contribution in [0.15, 0.2) is 76.5 Å². The molecule has 7 atom stereocenters. The highest BCUT2D eigenvalue weighted by atomic mass is 28.4. The number of azide groups is 1. The third kappa shape index (κ3) is 19.9. The molecule has 328 valence electrons. The number of hydrogen-bond acceptors (Lipinski definition) is 7. The van der Waals surface area contributed by atoms with E-state index in [-0.39, 0.29) is 71.2 Å². The minimum Gasteiger partial charge on any atom is -0.462 e. The monoisotopic (exact) mass is 840 g/mol. The van der Waals surface area contributed by atoms with E-state index in [9.17, 15) is 9.59 Å². The van der Waals surface area contributed by atoms with Gasteiger partial charge in [0.15, 0.2) is 16.6 Å². The van der Waals surface area contributed by atoms with Gasteiger partial charge in [0.25, 0.3) is 0 Å². The maximum Gasteiger partial charge on any atom is 0.331 e. The summed E-state index contributed by atoms with van der Waals surface area (Å²) in [6.45, 7) is 37.9. The second kappa shape index (κ2) is 24.3. The summed E-state index contributed by atoms with van der Waals surface area (Å²) in [7, 11) is -3.92. The third-order valence-electron chi connectivity index (χ3n) is 12.1. The van der Waals surface area contributed by atoms with Crippen LogP contribution >= 0.6 is 0 Å². The van der Waals surface area contributed by atoms with Crippen LogP contribution in [0, 0.1) is 17.8 Å². The van der Waals surface area contributed by atoms with Crippen molar-refractivity contribution in [2.75, 3.05) is 6.54 Å². The number of carbonyl (C=O) groups excluding carboxylic acids is 2. The Balaban J connectivity index is 3.02. The van der Waals surface area contributed by atoms with E-state index in [0.717, 1.165) is 29.6 Å². The van der Waals surface area contributed by atoms with E-state index in [1.165, 1.54) is 6.08 Å². The Morgan fingerprint density at radius 3 is 2.14 bits per heavy atom. The molecule has 0 aromatic carbocycles. The number of rotatable bonds is 17. The van der Waals surface area contributed by atoms with Gasteiger partial charge in [-0.15, -0.1) is 0 Å². The van der Waals surface area contributed by atoms with Crippen molar-refractivity contribution in [3.05, 3.63) is 81.8 Å². The standard InChI is InChI=1S/C47H81N3O6Si2/c1-34(22-20-23-35(2)31-43(56-58(16,17)47(11,12)13)38(5)32-40(7)55-57(14,15)46(8,9)10)30-36(3)28-29-45(52)53-41-26-21-27-44(51)54-42(39(6)33-49-50-48)25-19-18-24-37(41)4/h18-20,22-23,28-31,37-43H,21,24-27,32-33H2,1-17H3/b19-18+,23-20+,29-28+,34-22+,35-31+,36-30+/t37-,38-,39-,40-,41-,42+,43-/m0/s1. The minimum atomic E-state index is -2.04. The fourth-order valence-electron chi connectivity index (χ4n) is 6.23. The van der Waals surface area contributed by atoms with E-state index in [4.69, 9.17) is 23.9 Å². The fraction of sp³-hybridized carbons (Fsp3) is 0.702. The van der Waals surface area contributed by atoms with Crippen molar-refractivity contribution in [3.63, 3.8) is 0 Å². The molecule has 1 aliphatic heterocycles. The lowest BCUT2D eigenvalue weighted by molar-refractivity contribution is -0.151. The molecule has 0 N–H and O–H groups in total. The zero-order chi connectivity index (χ0) is 44.5. The Morgan fingerprint density at radius 2 is 1.53 bits per heavy atom. The van der Waals surface area contributed by atoms with E-state index >= 15 is 0 Å². The highest BCUT2D eigenvalue weighted by Gasteiger charge is 2.41. The summed E-state index contributed by atoms with van der Waals surface area (Å²) in [6, 6.07) is 0. The van der Waals surface area contributed by atoms with Crippen LogP contribution < -0.4 is 0 Å². The number of ether oxygens (including phenoxy) is 2. The summed E-state index contributed by atoms with van der Waals surface area (Å²) in [5, 5.41) is 3.91. The van der Waals surface area contributed by atoms with Gasteiger partial charge in [-0.25, -0.2) is 4.79 Å². The molecule has 0 saturated heterocycles. The van der Waals surface area contributed by atoms with Crippen LogP contribution in [-0.4, -0.2) is 59.5 Å². The second-order valence-electron chi connectivity index (χ2n) is 19.9. The van der Waals surface area contributed by atoms with E-state index in [2.05, 4.69) is 130 Å². The molecule has 0 aromatic heterocycles. The quantitative estimate of drug-likeness (QED) is 0.0210. The highest BCUT2D eigenvalue weighted by molar-refractivity contribution is 6.74. The molecule has 0 aromatic rings. The molecule has 0 aliphatic carbocycles. The van der Waals surface area contributed by atoms with E-state index in [1.807, 2.05) is 39.0 Å². The van der Waals surface area contributed by atoms with E-state index < -0.39 is 22.6 Å². The number of cyclic esters (lactones) is 1. The second-order valence-corrected chi connectivity index (χ2v) is 29.4. The Hall–Kier alpha value is -2.96. The Kier molecular flexibility index (Phi) is 22.3. The van der Waals surface area contributed by atoms with Gasteiger partial charge in [0.2, 0.25) is 0 Å². The molecule has 1 aliphatic rings. The largest absolute Gasteiger partial charge is 0.462 e. The number of carbonyl (C=O) groups is 2. The number of nitrogens with zero attached hydrogens (tertiary/aromatic N) is 3. The van der Waals surface area contributed by atoms with Crippen molar-refractivity contribution in [1.29, 1.82) is 0 Å². The molecule has 11 heteroatoms. The van der Waals surface area contributed by atoms with Gasteiger partial charge >= 0.3 is 11.9 Å². The zero-order valence-corrected chi connectivity index (χ0v) is 41.5. The van der Waals surface area contributed by atoms with Gasteiger partial charge in [0.1, 0.15) is 12.2 Å². The fourth-order valence-corrected chi connectivity index (χ4v) is 9.02. The van der Waals surface area contributed by atoms with Crippen molar-refractivity contribution < 1.29 is 27.9 Å². The molecule has 1 heterocycles. The number of esters is 2. The topological polar surface area (TPSA) is 120 Å². The lowest BCUT2D eigenvalue weighted by atomic mass is 9.94. The molecule has 9 nitrogen and oxygen atoms in total. The van der Waals surface area contributed by atoms with Gasteiger partial charge in [-0.05, 0) is 113 Å². The van der Waals surface area contributed by atoms with Crippen molar-refractivity contribution in [1.82, 2.24) is 0 Å². The van der Waals surface area contributed by atoms with Gasteiger partial charge in [0, 0.05) is 36.5 Å². The summed E-state index contributed by atoms with van der Waals surface area (Å²) in [5.74, 6) is -0.415. The summed E-state index contributed by atoms with van der Waals surface area (Å²) < 4.78 is 25.4. The first-order chi connectivity index (χ1) is 26.7. The lowest BCUT2D eigenvalue weighted by Gasteiger charge is -2.42. The lowest BCUT2D eigenvalue weighted by Crippen LogP contribution is -2.46. The van der Waals surface area contributed by atoms with Gasteiger partial charge < -0.3 is 18.3 Å².